The fourth-order valence-electron chi connectivity index (χ4n) is 1.82. The molecule has 1 N–H and O–H groups in total. The first kappa shape index (κ1) is 17.4. The Kier molecular flexibility index (Phi) is 6.28. The largest absolute Gasteiger partial charge is 0.387 e. The molecular weight excluding hydrogens is 326 g/mol. The second kappa shape index (κ2) is 8.64. The number of carbonyl (C=O) groups excluding carboxylic acids is 1. The lowest BCUT2D eigenvalue weighted by Crippen LogP contribution is -2.19. The predicted octanol–water partition coefficient (Wildman–Crippen LogP) is 2.20. The summed E-state index contributed by atoms with van der Waals surface area (Å²) in [5.41, 5.74) is 4.72. The van der Waals surface area contributed by atoms with E-state index in [0.717, 1.165) is 11.4 Å². The van der Waals surface area contributed by atoms with Gasteiger partial charge in [-0.3, -0.25) is 4.79 Å². The van der Waals surface area contributed by atoms with Crippen LogP contribution in [0.5, 0.6) is 5.75 Å². The van der Waals surface area contributed by atoms with Gasteiger partial charge in [0.2, 0.25) is 0 Å². The Morgan fingerprint density at radius 3 is 2.79 bits per heavy atom. The Bertz CT molecular complexity index is 781. The van der Waals surface area contributed by atoms with Gasteiger partial charge in [0.15, 0.2) is 10.9 Å². The molecule has 0 saturated carbocycles. The average Bonchev–Trinajstić information content (AvgIpc) is 2.54. The maximum atomic E-state index is 11.8. The molecule has 1 amide bonds. The highest BCUT2D eigenvalue weighted by atomic mass is 32.2. The minimum atomic E-state index is -0.280. The smallest absolute Gasteiger partial charge is 0.292 e. The van der Waals surface area contributed by atoms with Gasteiger partial charge in [-0.2, -0.15) is 5.10 Å². The van der Waals surface area contributed by atoms with Crippen molar-refractivity contribution in [3.63, 3.8) is 0 Å². The van der Waals surface area contributed by atoms with Crippen LogP contribution in [0.1, 0.15) is 17.0 Å². The van der Waals surface area contributed by atoms with Gasteiger partial charge >= 0.3 is 0 Å². The van der Waals surface area contributed by atoms with Gasteiger partial charge in [-0.1, -0.05) is 23.9 Å². The van der Waals surface area contributed by atoms with E-state index in [2.05, 4.69) is 20.5 Å². The first-order valence-corrected chi connectivity index (χ1v) is 7.99. The molecule has 2 aromatic rings. The summed E-state index contributed by atoms with van der Waals surface area (Å²) >= 11 is 1.24. The van der Waals surface area contributed by atoms with Crippen molar-refractivity contribution in [3.8, 4) is 12.0 Å². The van der Waals surface area contributed by atoms with Crippen molar-refractivity contribution in [2.75, 3.05) is 5.75 Å². The third kappa shape index (κ3) is 5.37. The van der Waals surface area contributed by atoms with Crippen LogP contribution in [-0.2, 0) is 4.79 Å². The maximum Gasteiger partial charge on any atom is 0.292 e. The summed E-state index contributed by atoms with van der Waals surface area (Å²) in [7, 11) is 0. The van der Waals surface area contributed by atoms with E-state index in [9.17, 15) is 4.79 Å². The molecule has 0 radical (unpaired) electrons. The van der Waals surface area contributed by atoms with E-state index in [-0.39, 0.29) is 11.7 Å². The minimum Gasteiger partial charge on any atom is -0.387 e. The second-order valence-electron chi connectivity index (χ2n) is 4.75. The van der Waals surface area contributed by atoms with Crippen LogP contribution in [0.15, 0.2) is 40.6 Å². The van der Waals surface area contributed by atoms with E-state index in [1.807, 2.05) is 19.9 Å². The van der Waals surface area contributed by atoms with Crippen LogP contribution in [0.3, 0.4) is 0 Å². The molecule has 0 spiro atoms. The highest BCUT2D eigenvalue weighted by Crippen LogP contribution is 2.15. The molecule has 0 unspecified atom stereocenters. The summed E-state index contributed by atoms with van der Waals surface area (Å²) in [5, 5.41) is 13.0. The van der Waals surface area contributed by atoms with E-state index in [4.69, 9.17) is 10.00 Å². The van der Waals surface area contributed by atoms with Crippen molar-refractivity contribution in [2.45, 2.75) is 19.0 Å². The molecule has 122 valence electrons. The van der Waals surface area contributed by atoms with E-state index in [1.165, 1.54) is 18.0 Å². The van der Waals surface area contributed by atoms with Gasteiger partial charge < -0.3 is 4.74 Å². The molecule has 0 aliphatic carbocycles. The number of aryl methyl sites for hydroxylation is 2. The highest BCUT2D eigenvalue weighted by Gasteiger charge is 2.05. The second-order valence-corrected chi connectivity index (χ2v) is 5.69. The molecule has 1 heterocycles. The Balaban J connectivity index is 1.88. The van der Waals surface area contributed by atoms with Crippen LogP contribution in [0.4, 0.5) is 0 Å². The van der Waals surface area contributed by atoms with E-state index in [1.54, 1.807) is 30.5 Å². The number of rotatable bonds is 6. The molecule has 1 aromatic carbocycles. The SMILES string of the molecule is Cc1cc(C)nc(SCC(=O)N/N=C/c2ccccc2OC#N)n1. The van der Waals surface area contributed by atoms with Gasteiger partial charge in [0.05, 0.1) is 12.0 Å². The molecule has 0 bridgehead atoms. The van der Waals surface area contributed by atoms with Crippen molar-refractivity contribution in [1.82, 2.24) is 15.4 Å². The van der Waals surface area contributed by atoms with Gasteiger partial charge in [-0.25, -0.2) is 15.4 Å². The molecule has 7 nitrogen and oxygen atoms in total. The molecule has 2 rings (SSSR count). The number of nitriles is 1. The number of amides is 1. The minimum absolute atomic E-state index is 0.149. The van der Waals surface area contributed by atoms with Crippen LogP contribution < -0.4 is 10.2 Å². The quantitative estimate of drug-likeness (QED) is 0.284. The first-order chi connectivity index (χ1) is 11.6. The molecule has 0 aliphatic heterocycles. The Labute approximate surface area is 143 Å². The number of aromatic nitrogens is 2. The van der Waals surface area contributed by atoms with Crippen LogP contribution in [0.2, 0.25) is 0 Å². The molecule has 0 aliphatic rings. The number of carbonyl (C=O) groups is 1. The van der Waals surface area contributed by atoms with Crippen molar-refractivity contribution in [3.05, 3.63) is 47.3 Å². The number of nitrogens with one attached hydrogen (secondary N) is 1. The Hall–Kier alpha value is -2.92. The van der Waals surface area contributed by atoms with Crippen LogP contribution in [0.25, 0.3) is 0 Å². The van der Waals surface area contributed by atoms with Gasteiger partial charge in [0.1, 0.15) is 0 Å². The summed E-state index contributed by atoms with van der Waals surface area (Å²) < 4.78 is 4.80. The molecular formula is C16H15N5O2S. The van der Waals surface area contributed by atoms with Crippen molar-refractivity contribution < 1.29 is 9.53 Å². The zero-order chi connectivity index (χ0) is 17.4. The number of benzene rings is 1. The van der Waals surface area contributed by atoms with Gasteiger partial charge in [-0.15, -0.1) is 5.26 Å². The zero-order valence-corrected chi connectivity index (χ0v) is 14.0. The molecule has 24 heavy (non-hydrogen) atoms. The zero-order valence-electron chi connectivity index (χ0n) is 13.2. The maximum absolute atomic E-state index is 11.8. The molecule has 1 aromatic heterocycles. The summed E-state index contributed by atoms with van der Waals surface area (Å²) in [5.74, 6) is 0.241. The fourth-order valence-corrected chi connectivity index (χ4v) is 2.57. The van der Waals surface area contributed by atoms with Gasteiger partial charge in [0, 0.05) is 17.0 Å². The molecule has 0 fully saturated rings. The molecule has 0 atom stereocenters. The lowest BCUT2D eigenvalue weighted by molar-refractivity contribution is -0.118. The fraction of sp³-hybridized carbons (Fsp3) is 0.188. The lowest BCUT2D eigenvalue weighted by Gasteiger charge is -2.03. The number of hydrogen-bond acceptors (Lipinski definition) is 7. The van der Waals surface area contributed by atoms with E-state index < -0.39 is 0 Å². The van der Waals surface area contributed by atoms with Crippen molar-refractivity contribution in [2.24, 2.45) is 5.10 Å². The Morgan fingerprint density at radius 2 is 2.08 bits per heavy atom. The average molecular weight is 341 g/mol. The van der Waals surface area contributed by atoms with Crippen LogP contribution in [-0.4, -0.2) is 27.8 Å². The third-order valence-corrected chi connectivity index (χ3v) is 3.61. The summed E-state index contributed by atoms with van der Waals surface area (Å²) in [6.07, 6.45) is 3.02. The number of hydrazone groups is 1. The summed E-state index contributed by atoms with van der Waals surface area (Å²) in [4.78, 5) is 20.3. The monoisotopic (exact) mass is 341 g/mol. The van der Waals surface area contributed by atoms with Crippen molar-refractivity contribution in [1.29, 1.82) is 5.26 Å². The lowest BCUT2D eigenvalue weighted by atomic mass is 10.2. The van der Waals surface area contributed by atoms with E-state index >= 15 is 0 Å². The van der Waals surface area contributed by atoms with Gasteiger partial charge in [-0.05, 0) is 32.0 Å². The first-order valence-electron chi connectivity index (χ1n) is 7.00. The standard InChI is InChI=1S/C16H15N5O2S/c1-11-7-12(2)20-16(19-11)24-9-15(22)21-18-8-13-5-3-4-6-14(13)23-10-17/h3-8H,9H2,1-2H3,(H,21,22)/b18-8+. The number of thioether (sulfide) groups is 1. The number of para-hydroxylation sites is 1. The molecule has 0 saturated heterocycles. The normalized spacial score (nSPS) is 10.4. The third-order valence-electron chi connectivity index (χ3n) is 2.76. The summed E-state index contributed by atoms with van der Waals surface area (Å²) in [6, 6.07) is 8.75. The van der Waals surface area contributed by atoms with Crippen LogP contribution in [0, 0.1) is 25.4 Å². The summed E-state index contributed by atoms with van der Waals surface area (Å²) in [6.45, 7) is 3.76. The Morgan fingerprint density at radius 1 is 1.38 bits per heavy atom. The highest BCUT2D eigenvalue weighted by molar-refractivity contribution is 7.99. The van der Waals surface area contributed by atoms with Gasteiger partial charge in [0.25, 0.3) is 12.2 Å². The van der Waals surface area contributed by atoms with Crippen LogP contribution >= 0.6 is 11.8 Å². The predicted molar refractivity (Wildman–Crippen MR) is 90.6 cm³/mol. The van der Waals surface area contributed by atoms with E-state index in [0.29, 0.717) is 16.5 Å². The van der Waals surface area contributed by atoms with Crippen molar-refractivity contribution >= 4 is 23.9 Å². The molecule has 8 heteroatoms. The topological polar surface area (TPSA) is 100 Å². The number of hydrogen-bond donors (Lipinski definition) is 1. The number of nitrogens with zero attached hydrogens (tertiary/aromatic N) is 4. The number of ether oxygens (including phenoxy) is 1.